The van der Waals surface area contributed by atoms with Crippen molar-refractivity contribution >= 4 is 5.91 Å². The fourth-order valence-electron chi connectivity index (χ4n) is 2.94. The molecule has 2 heterocycles. The van der Waals surface area contributed by atoms with E-state index in [1.165, 1.54) is 12.1 Å². The maximum absolute atomic E-state index is 13.1. The Morgan fingerprint density at radius 2 is 1.91 bits per heavy atom. The van der Waals surface area contributed by atoms with Crippen molar-refractivity contribution < 1.29 is 23.4 Å². The first-order valence-electron chi connectivity index (χ1n) is 8.04. The topological polar surface area (TPSA) is 48.0 Å². The summed E-state index contributed by atoms with van der Waals surface area (Å²) in [6.07, 6.45) is 0.334. The molecule has 0 spiro atoms. The molecule has 3 rings (SSSR count). The second kappa shape index (κ2) is 7.38. The van der Waals surface area contributed by atoms with Crippen LogP contribution in [0, 0.1) is 5.82 Å². The molecule has 6 heteroatoms. The van der Waals surface area contributed by atoms with Crippen molar-refractivity contribution in [3.05, 3.63) is 35.6 Å². The molecular weight excluding hydrogens is 301 g/mol. The molecule has 2 aliphatic heterocycles. The van der Waals surface area contributed by atoms with Crippen molar-refractivity contribution in [1.82, 2.24) is 4.90 Å². The maximum Gasteiger partial charge on any atom is 0.227 e. The number of carbonyl (C=O) groups is 1. The maximum atomic E-state index is 13.1. The molecule has 1 amide bonds. The first kappa shape index (κ1) is 16.4. The minimum atomic E-state index is -0.446. The zero-order valence-corrected chi connectivity index (χ0v) is 13.2. The highest BCUT2D eigenvalue weighted by molar-refractivity contribution is 5.76. The highest BCUT2D eigenvalue weighted by atomic mass is 19.1. The molecule has 0 aliphatic carbocycles. The van der Waals surface area contributed by atoms with Gasteiger partial charge in [-0.05, 0) is 31.0 Å². The average molecular weight is 323 g/mol. The molecule has 0 radical (unpaired) electrons. The fourth-order valence-corrected chi connectivity index (χ4v) is 2.94. The first-order chi connectivity index (χ1) is 11.1. The lowest BCUT2D eigenvalue weighted by Gasteiger charge is -2.37. The first-order valence-corrected chi connectivity index (χ1v) is 8.04. The zero-order valence-electron chi connectivity index (χ0n) is 13.2. The van der Waals surface area contributed by atoms with Crippen LogP contribution in [0.2, 0.25) is 0 Å². The van der Waals surface area contributed by atoms with Crippen LogP contribution in [0.25, 0.3) is 0 Å². The van der Waals surface area contributed by atoms with Gasteiger partial charge in [-0.25, -0.2) is 4.39 Å². The Bertz CT molecular complexity index is 530. The third-order valence-electron chi connectivity index (χ3n) is 4.09. The van der Waals surface area contributed by atoms with Gasteiger partial charge >= 0.3 is 0 Å². The van der Waals surface area contributed by atoms with E-state index in [2.05, 4.69) is 0 Å². The minimum Gasteiger partial charge on any atom is -0.367 e. The number of morpholine rings is 1. The number of nitrogens with zero attached hydrogens (tertiary/aromatic N) is 1. The molecule has 126 valence electrons. The molecule has 0 saturated carbocycles. The number of benzene rings is 1. The Balaban J connectivity index is 1.62. The lowest BCUT2D eigenvalue weighted by molar-refractivity contribution is -0.190. The number of hydrogen-bond donors (Lipinski definition) is 0. The van der Waals surface area contributed by atoms with Crippen molar-refractivity contribution in [3.63, 3.8) is 0 Å². The predicted octanol–water partition coefficient (Wildman–Crippen LogP) is 2.27. The second-order valence-electron chi connectivity index (χ2n) is 6.01. The van der Waals surface area contributed by atoms with Gasteiger partial charge in [-0.15, -0.1) is 0 Å². The van der Waals surface area contributed by atoms with E-state index in [9.17, 15) is 9.18 Å². The minimum absolute atomic E-state index is 0.000776. The highest BCUT2D eigenvalue weighted by Crippen LogP contribution is 2.26. The lowest BCUT2D eigenvalue weighted by Crippen LogP contribution is -2.47. The molecule has 0 bridgehead atoms. The van der Waals surface area contributed by atoms with Crippen LogP contribution in [0.1, 0.15) is 31.4 Å². The molecule has 0 N–H and O–H groups in total. The van der Waals surface area contributed by atoms with Gasteiger partial charge in [0.1, 0.15) is 11.9 Å². The van der Waals surface area contributed by atoms with E-state index in [0.29, 0.717) is 26.3 Å². The third kappa shape index (κ3) is 4.28. The number of halogens is 1. The molecule has 0 unspecified atom stereocenters. The third-order valence-corrected chi connectivity index (χ3v) is 4.09. The summed E-state index contributed by atoms with van der Waals surface area (Å²) in [6, 6.07) is 6.23. The van der Waals surface area contributed by atoms with Crippen LogP contribution in [0.3, 0.4) is 0 Å². The summed E-state index contributed by atoms with van der Waals surface area (Å²) in [5, 5.41) is 0. The van der Waals surface area contributed by atoms with Gasteiger partial charge in [0.15, 0.2) is 6.29 Å². The molecule has 2 aliphatic rings. The molecule has 2 saturated heterocycles. The van der Waals surface area contributed by atoms with Crippen molar-refractivity contribution in [2.24, 2.45) is 0 Å². The van der Waals surface area contributed by atoms with Crippen molar-refractivity contribution in [2.45, 2.75) is 38.3 Å². The molecule has 2 fully saturated rings. The number of ether oxygens (including phenoxy) is 3. The number of rotatable bonds is 3. The molecule has 1 aromatic carbocycles. The molecular formula is C17H22FNO4. The smallest absolute Gasteiger partial charge is 0.227 e. The van der Waals surface area contributed by atoms with E-state index in [1.807, 2.05) is 6.92 Å². The average Bonchev–Trinajstić information content (AvgIpc) is 2.56. The predicted molar refractivity (Wildman–Crippen MR) is 81.2 cm³/mol. The van der Waals surface area contributed by atoms with E-state index in [0.717, 1.165) is 12.0 Å². The Hall–Kier alpha value is -1.50. The van der Waals surface area contributed by atoms with E-state index < -0.39 is 6.29 Å². The summed E-state index contributed by atoms with van der Waals surface area (Å²) in [5.41, 5.74) is 0.876. The summed E-state index contributed by atoms with van der Waals surface area (Å²) < 4.78 is 29.9. The van der Waals surface area contributed by atoms with Gasteiger partial charge in [-0.2, -0.15) is 0 Å². The molecule has 23 heavy (non-hydrogen) atoms. The van der Waals surface area contributed by atoms with Crippen LogP contribution >= 0.6 is 0 Å². The van der Waals surface area contributed by atoms with Crippen LogP contribution in [-0.4, -0.2) is 49.5 Å². The lowest BCUT2D eigenvalue weighted by atomic mass is 10.1. The van der Waals surface area contributed by atoms with E-state index in [1.54, 1.807) is 17.0 Å². The largest absolute Gasteiger partial charge is 0.367 e. The highest BCUT2D eigenvalue weighted by Gasteiger charge is 2.31. The molecule has 2 atom stereocenters. The van der Waals surface area contributed by atoms with E-state index in [-0.39, 0.29) is 30.4 Å². The molecule has 1 aromatic rings. The van der Waals surface area contributed by atoms with Gasteiger partial charge in [0.25, 0.3) is 0 Å². The summed E-state index contributed by atoms with van der Waals surface area (Å²) in [5.74, 6) is -0.281. The summed E-state index contributed by atoms with van der Waals surface area (Å²) in [4.78, 5) is 14.3. The van der Waals surface area contributed by atoms with Gasteiger partial charge in [0.2, 0.25) is 5.91 Å². The Morgan fingerprint density at radius 1 is 1.22 bits per heavy atom. The van der Waals surface area contributed by atoms with Crippen LogP contribution in [0.15, 0.2) is 24.3 Å². The van der Waals surface area contributed by atoms with Crippen molar-refractivity contribution in [1.29, 1.82) is 0 Å². The van der Waals surface area contributed by atoms with Crippen LogP contribution < -0.4 is 0 Å². The Kier molecular flexibility index (Phi) is 5.25. The number of carbonyl (C=O) groups excluding carboxylic acids is 1. The van der Waals surface area contributed by atoms with Crippen molar-refractivity contribution in [2.75, 3.05) is 26.3 Å². The van der Waals surface area contributed by atoms with Crippen LogP contribution in [0.5, 0.6) is 0 Å². The Labute approximate surface area is 135 Å². The number of hydrogen-bond acceptors (Lipinski definition) is 4. The van der Waals surface area contributed by atoms with Gasteiger partial charge < -0.3 is 19.1 Å². The standard InChI is InChI=1S/C17H22FNO4/c1-12-10-19(16(20)9-17-21-7-2-8-22-17)11-15(23-12)13-3-5-14(18)6-4-13/h3-6,12,15,17H,2,7-11H2,1H3/t12-,15+/m1/s1. The monoisotopic (exact) mass is 323 g/mol. The van der Waals surface area contributed by atoms with Gasteiger partial charge in [0, 0.05) is 6.54 Å². The second-order valence-corrected chi connectivity index (χ2v) is 6.01. The summed E-state index contributed by atoms with van der Waals surface area (Å²) in [6.45, 7) is 4.21. The quantitative estimate of drug-likeness (QED) is 0.856. The van der Waals surface area contributed by atoms with E-state index in [4.69, 9.17) is 14.2 Å². The summed E-state index contributed by atoms with van der Waals surface area (Å²) in [7, 11) is 0. The van der Waals surface area contributed by atoms with Gasteiger partial charge in [0.05, 0.1) is 32.3 Å². The molecule has 5 nitrogen and oxygen atoms in total. The fraction of sp³-hybridized carbons (Fsp3) is 0.588. The van der Waals surface area contributed by atoms with Crippen LogP contribution in [-0.2, 0) is 19.0 Å². The zero-order chi connectivity index (χ0) is 16.2. The Morgan fingerprint density at radius 3 is 2.61 bits per heavy atom. The van der Waals surface area contributed by atoms with Gasteiger partial charge in [-0.3, -0.25) is 4.79 Å². The number of amides is 1. The van der Waals surface area contributed by atoms with Crippen LogP contribution in [0.4, 0.5) is 4.39 Å². The SMILES string of the molecule is C[C@@H]1CN(C(=O)CC2OCCCO2)C[C@@H](c2ccc(F)cc2)O1. The molecule has 0 aromatic heterocycles. The van der Waals surface area contributed by atoms with Crippen molar-refractivity contribution in [3.8, 4) is 0 Å². The van der Waals surface area contributed by atoms with Gasteiger partial charge in [-0.1, -0.05) is 12.1 Å². The van der Waals surface area contributed by atoms with E-state index >= 15 is 0 Å². The summed E-state index contributed by atoms with van der Waals surface area (Å²) >= 11 is 0. The normalized spacial score (nSPS) is 26.3.